The Bertz CT molecular complexity index is 541. The predicted octanol–water partition coefficient (Wildman–Crippen LogP) is 2.86. The number of nitrogens with zero attached hydrogens (tertiary/aromatic N) is 3. The number of hydrogen-bond donors (Lipinski definition) is 1. The Morgan fingerprint density at radius 1 is 1.50 bits per heavy atom. The lowest BCUT2D eigenvalue weighted by atomic mass is 10.1. The molecule has 0 saturated carbocycles. The molecule has 2 aromatic rings. The van der Waals surface area contributed by atoms with Gasteiger partial charge >= 0.3 is 0 Å². The summed E-state index contributed by atoms with van der Waals surface area (Å²) in [7, 11) is 0. The van der Waals surface area contributed by atoms with E-state index in [4.69, 9.17) is 17.3 Å². The fourth-order valence-corrected chi connectivity index (χ4v) is 1.94. The van der Waals surface area contributed by atoms with Crippen molar-refractivity contribution >= 4 is 11.6 Å². The van der Waals surface area contributed by atoms with Crippen molar-refractivity contribution < 1.29 is 4.39 Å². The second kappa shape index (κ2) is 5.46. The van der Waals surface area contributed by atoms with Crippen LogP contribution in [0.15, 0.2) is 24.4 Å². The van der Waals surface area contributed by atoms with Crippen LogP contribution in [0.3, 0.4) is 0 Å². The summed E-state index contributed by atoms with van der Waals surface area (Å²) < 4.78 is 14.5. The number of aromatic nitrogens is 3. The third-order valence-electron chi connectivity index (χ3n) is 2.65. The average Bonchev–Trinajstić information content (AvgIpc) is 2.78. The maximum Gasteiger partial charge on any atom is 0.124 e. The largest absolute Gasteiger partial charge is 0.323 e. The van der Waals surface area contributed by atoms with Crippen LogP contribution in [0.25, 0.3) is 5.69 Å². The summed E-state index contributed by atoms with van der Waals surface area (Å²) in [6, 6.07) is 3.99. The molecule has 1 unspecified atom stereocenters. The molecule has 2 rings (SSSR count). The number of halogens is 2. The summed E-state index contributed by atoms with van der Waals surface area (Å²) in [5.41, 5.74) is 7.24. The molecule has 1 atom stereocenters. The van der Waals surface area contributed by atoms with Gasteiger partial charge in [-0.15, -0.1) is 5.10 Å². The summed E-state index contributed by atoms with van der Waals surface area (Å²) in [4.78, 5) is 0. The van der Waals surface area contributed by atoms with E-state index in [0.29, 0.717) is 11.4 Å². The van der Waals surface area contributed by atoms with E-state index in [-0.39, 0.29) is 16.9 Å². The van der Waals surface area contributed by atoms with Crippen LogP contribution in [0.1, 0.15) is 31.5 Å². The van der Waals surface area contributed by atoms with E-state index >= 15 is 0 Å². The van der Waals surface area contributed by atoms with Crippen LogP contribution in [0.5, 0.6) is 0 Å². The van der Waals surface area contributed by atoms with Gasteiger partial charge in [0, 0.05) is 0 Å². The maximum atomic E-state index is 12.9. The molecule has 0 aliphatic carbocycles. The molecule has 0 aliphatic rings. The molecule has 0 amide bonds. The van der Waals surface area contributed by atoms with E-state index in [2.05, 4.69) is 17.2 Å². The zero-order valence-electron chi connectivity index (χ0n) is 9.98. The van der Waals surface area contributed by atoms with Gasteiger partial charge in [-0.2, -0.15) is 0 Å². The van der Waals surface area contributed by atoms with Crippen molar-refractivity contribution in [2.45, 2.75) is 25.8 Å². The van der Waals surface area contributed by atoms with Crippen LogP contribution >= 0.6 is 11.6 Å². The first-order valence-electron chi connectivity index (χ1n) is 5.75. The maximum absolute atomic E-state index is 12.9. The predicted molar refractivity (Wildman–Crippen MR) is 68.2 cm³/mol. The van der Waals surface area contributed by atoms with Gasteiger partial charge in [0.05, 0.1) is 28.6 Å². The molecule has 0 spiro atoms. The van der Waals surface area contributed by atoms with Crippen LogP contribution in [0.2, 0.25) is 5.02 Å². The van der Waals surface area contributed by atoms with E-state index in [1.807, 2.05) is 0 Å². The molecule has 0 radical (unpaired) electrons. The molecule has 4 nitrogen and oxygen atoms in total. The summed E-state index contributed by atoms with van der Waals surface area (Å²) in [5, 5.41) is 8.26. The van der Waals surface area contributed by atoms with Crippen molar-refractivity contribution in [1.82, 2.24) is 15.0 Å². The Morgan fingerprint density at radius 2 is 2.28 bits per heavy atom. The molecule has 2 N–H and O–H groups in total. The highest BCUT2D eigenvalue weighted by molar-refractivity contribution is 6.32. The van der Waals surface area contributed by atoms with Gasteiger partial charge in [0.1, 0.15) is 5.82 Å². The highest BCUT2D eigenvalue weighted by Crippen LogP contribution is 2.22. The zero-order valence-corrected chi connectivity index (χ0v) is 10.7. The van der Waals surface area contributed by atoms with Gasteiger partial charge in [0.2, 0.25) is 0 Å². The van der Waals surface area contributed by atoms with E-state index in [9.17, 15) is 4.39 Å². The van der Waals surface area contributed by atoms with Crippen LogP contribution in [0, 0.1) is 5.82 Å². The molecule has 1 heterocycles. The van der Waals surface area contributed by atoms with Crippen molar-refractivity contribution in [2.75, 3.05) is 0 Å². The van der Waals surface area contributed by atoms with Crippen molar-refractivity contribution in [3.05, 3.63) is 40.9 Å². The van der Waals surface area contributed by atoms with Crippen LogP contribution < -0.4 is 5.73 Å². The first kappa shape index (κ1) is 13.0. The summed E-state index contributed by atoms with van der Waals surface area (Å²) in [5.74, 6) is -0.383. The minimum absolute atomic E-state index is 0.136. The number of hydrogen-bond acceptors (Lipinski definition) is 3. The van der Waals surface area contributed by atoms with E-state index in [1.165, 1.54) is 16.8 Å². The molecule has 1 aromatic carbocycles. The first-order valence-corrected chi connectivity index (χ1v) is 6.13. The normalized spacial score (nSPS) is 12.7. The molecule has 0 bridgehead atoms. The lowest BCUT2D eigenvalue weighted by Gasteiger charge is -2.05. The summed E-state index contributed by atoms with van der Waals surface area (Å²) >= 11 is 5.95. The lowest BCUT2D eigenvalue weighted by molar-refractivity contribution is 0.619. The van der Waals surface area contributed by atoms with Crippen molar-refractivity contribution in [3.8, 4) is 5.69 Å². The van der Waals surface area contributed by atoms with Crippen molar-refractivity contribution in [2.24, 2.45) is 5.73 Å². The summed E-state index contributed by atoms with van der Waals surface area (Å²) in [6.07, 6.45) is 3.54. The zero-order chi connectivity index (χ0) is 13.1. The molecule has 0 fully saturated rings. The molecule has 6 heteroatoms. The van der Waals surface area contributed by atoms with Crippen molar-refractivity contribution in [3.63, 3.8) is 0 Å². The minimum atomic E-state index is -0.383. The second-order valence-corrected chi connectivity index (χ2v) is 4.49. The molecule has 0 aliphatic heterocycles. The molecule has 96 valence electrons. The highest BCUT2D eigenvalue weighted by Gasteiger charge is 2.12. The standard InChI is InChI=1S/C12H14ClFN4/c1-2-3-10(15)11-7-18(17-16-11)12-5-4-8(14)6-9(12)13/h4-7,10H,2-3,15H2,1H3. The van der Waals surface area contributed by atoms with Gasteiger partial charge in [-0.1, -0.05) is 30.2 Å². The molecular formula is C12H14ClFN4. The highest BCUT2D eigenvalue weighted by atomic mass is 35.5. The van der Waals surface area contributed by atoms with Crippen molar-refractivity contribution in [1.29, 1.82) is 0 Å². The van der Waals surface area contributed by atoms with Gasteiger partial charge in [0.25, 0.3) is 0 Å². The SMILES string of the molecule is CCCC(N)c1cn(-c2ccc(F)cc2Cl)nn1. The van der Waals surface area contributed by atoms with Crippen LogP contribution in [-0.4, -0.2) is 15.0 Å². The third kappa shape index (κ3) is 2.68. The Hall–Kier alpha value is -1.46. The number of nitrogens with two attached hydrogens (primary N) is 1. The Kier molecular flexibility index (Phi) is 3.93. The van der Waals surface area contributed by atoms with Crippen LogP contribution in [0.4, 0.5) is 4.39 Å². The van der Waals surface area contributed by atoms with Gasteiger partial charge < -0.3 is 5.73 Å². The van der Waals surface area contributed by atoms with Gasteiger partial charge in [0.15, 0.2) is 0 Å². The minimum Gasteiger partial charge on any atom is -0.323 e. The average molecular weight is 269 g/mol. The van der Waals surface area contributed by atoms with Gasteiger partial charge in [-0.05, 0) is 24.6 Å². The number of benzene rings is 1. The smallest absolute Gasteiger partial charge is 0.124 e. The van der Waals surface area contributed by atoms with E-state index in [1.54, 1.807) is 12.3 Å². The Balaban J connectivity index is 2.29. The third-order valence-corrected chi connectivity index (χ3v) is 2.95. The first-order chi connectivity index (χ1) is 8.61. The second-order valence-electron chi connectivity index (χ2n) is 4.08. The summed E-state index contributed by atoms with van der Waals surface area (Å²) in [6.45, 7) is 2.06. The lowest BCUT2D eigenvalue weighted by Crippen LogP contribution is -2.10. The monoisotopic (exact) mass is 268 g/mol. The molecule has 0 saturated heterocycles. The van der Waals surface area contributed by atoms with E-state index < -0.39 is 0 Å². The Labute approximate surface area is 110 Å². The van der Waals surface area contributed by atoms with Gasteiger partial charge in [-0.3, -0.25) is 0 Å². The van der Waals surface area contributed by atoms with Gasteiger partial charge in [-0.25, -0.2) is 9.07 Å². The Morgan fingerprint density at radius 3 is 2.94 bits per heavy atom. The molecule has 18 heavy (non-hydrogen) atoms. The fraction of sp³-hybridized carbons (Fsp3) is 0.333. The van der Waals surface area contributed by atoms with Crippen LogP contribution in [-0.2, 0) is 0 Å². The quantitative estimate of drug-likeness (QED) is 0.928. The number of rotatable bonds is 4. The molecular weight excluding hydrogens is 255 g/mol. The topological polar surface area (TPSA) is 56.7 Å². The van der Waals surface area contributed by atoms with E-state index in [0.717, 1.165) is 12.8 Å². The molecule has 1 aromatic heterocycles. The fourth-order valence-electron chi connectivity index (χ4n) is 1.69.